The maximum atomic E-state index is 11.9. The third kappa shape index (κ3) is 3.84. The summed E-state index contributed by atoms with van der Waals surface area (Å²) in [7, 11) is 0. The first-order valence-electron chi connectivity index (χ1n) is 6.65. The van der Waals surface area contributed by atoms with Crippen molar-refractivity contribution < 1.29 is 9.53 Å². The first-order chi connectivity index (χ1) is 9.16. The van der Waals surface area contributed by atoms with Gasteiger partial charge in [0.05, 0.1) is 13.2 Å². The number of Topliss-reactive ketones (excluding diaryl/α,β-unsaturated/α-hetero) is 1. The van der Waals surface area contributed by atoms with Crippen LogP contribution in [0.1, 0.15) is 35.7 Å². The molecular formula is C16H19NO2. The molecule has 0 saturated carbocycles. The number of nitrogens with zero attached hydrogens (tertiary/aromatic N) is 1. The Bertz CT molecular complexity index is 488. The topological polar surface area (TPSA) is 29.5 Å². The van der Waals surface area contributed by atoms with Gasteiger partial charge < -0.3 is 9.64 Å². The van der Waals surface area contributed by atoms with E-state index in [4.69, 9.17) is 4.74 Å². The zero-order valence-corrected chi connectivity index (χ0v) is 11.5. The molecule has 1 fully saturated rings. The van der Waals surface area contributed by atoms with Crippen LogP contribution in [-0.2, 0) is 4.74 Å². The fraction of sp³-hybridized carbons (Fsp3) is 0.438. The van der Waals surface area contributed by atoms with E-state index in [1.807, 2.05) is 29.2 Å². The number of ketones is 1. The van der Waals surface area contributed by atoms with Gasteiger partial charge in [0.25, 0.3) is 0 Å². The molecule has 1 aliphatic rings. The van der Waals surface area contributed by atoms with E-state index in [9.17, 15) is 4.79 Å². The number of benzene rings is 1. The van der Waals surface area contributed by atoms with Crippen molar-refractivity contribution in [2.24, 2.45) is 0 Å². The van der Waals surface area contributed by atoms with Gasteiger partial charge in [0.15, 0.2) is 0 Å². The molecular weight excluding hydrogens is 238 g/mol. The van der Waals surface area contributed by atoms with Gasteiger partial charge in [-0.05, 0) is 17.4 Å². The summed E-state index contributed by atoms with van der Waals surface area (Å²) in [4.78, 5) is 13.9. The number of carbonyl (C=O) groups is 1. The lowest BCUT2D eigenvalue weighted by atomic mass is 10.0. The highest BCUT2D eigenvalue weighted by atomic mass is 16.5. The summed E-state index contributed by atoms with van der Waals surface area (Å²) in [6.45, 7) is 7.18. The smallest absolute Gasteiger partial charge is 0.237 e. The minimum absolute atomic E-state index is 0.123. The van der Waals surface area contributed by atoms with Crippen LogP contribution in [0.3, 0.4) is 0 Å². The van der Waals surface area contributed by atoms with Gasteiger partial charge in [-0.3, -0.25) is 4.79 Å². The average Bonchev–Trinajstić information content (AvgIpc) is 2.46. The maximum Gasteiger partial charge on any atom is 0.237 e. The van der Waals surface area contributed by atoms with Crippen molar-refractivity contribution >= 4 is 5.78 Å². The molecule has 0 aliphatic carbocycles. The number of hydrogen-bond donors (Lipinski definition) is 0. The van der Waals surface area contributed by atoms with Crippen LogP contribution in [0.5, 0.6) is 0 Å². The first kappa shape index (κ1) is 13.6. The Labute approximate surface area is 114 Å². The van der Waals surface area contributed by atoms with E-state index in [2.05, 4.69) is 25.8 Å². The SMILES string of the molecule is CC(C)c1ccc(C(=O)C#CN2CCOCC2)cc1. The molecule has 0 N–H and O–H groups in total. The molecule has 0 atom stereocenters. The molecule has 0 bridgehead atoms. The van der Waals surface area contributed by atoms with Crippen molar-refractivity contribution in [3.63, 3.8) is 0 Å². The predicted molar refractivity (Wildman–Crippen MR) is 75.0 cm³/mol. The quantitative estimate of drug-likeness (QED) is 0.601. The minimum Gasteiger partial charge on any atom is -0.378 e. The molecule has 19 heavy (non-hydrogen) atoms. The molecule has 3 heteroatoms. The van der Waals surface area contributed by atoms with E-state index in [0.29, 0.717) is 24.7 Å². The molecule has 2 rings (SSSR count). The van der Waals surface area contributed by atoms with Crippen LogP contribution in [-0.4, -0.2) is 37.0 Å². The molecule has 1 saturated heterocycles. The highest BCUT2D eigenvalue weighted by Gasteiger charge is 2.07. The lowest BCUT2D eigenvalue weighted by Crippen LogP contribution is -2.32. The molecule has 0 amide bonds. The molecule has 0 unspecified atom stereocenters. The first-order valence-corrected chi connectivity index (χ1v) is 6.65. The van der Waals surface area contributed by atoms with E-state index in [1.54, 1.807) is 0 Å². The molecule has 3 nitrogen and oxygen atoms in total. The number of ether oxygens (including phenoxy) is 1. The Morgan fingerprint density at radius 1 is 1.21 bits per heavy atom. The van der Waals surface area contributed by atoms with E-state index in [1.165, 1.54) is 5.56 Å². The van der Waals surface area contributed by atoms with Gasteiger partial charge in [-0.2, -0.15) is 0 Å². The van der Waals surface area contributed by atoms with Gasteiger partial charge >= 0.3 is 0 Å². The number of carbonyl (C=O) groups excluding carboxylic acids is 1. The van der Waals surface area contributed by atoms with Crippen LogP contribution in [0, 0.1) is 12.0 Å². The maximum absolute atomic E-state index is 11.9. The second kappa shape index (κ2) is 6.40. The van der Waals surface area contributed by atoms with Crippen molar-refractivity contribution in [3.8, 4) is 12.0 Å². The summed E-state index contributed by atoms with van der Waals surface area (Å²) in [5.74, 6) is 3.05. The molecule has 0 radical (unpaired) electrons. The lowest BCUT2D eigenvalue weighted by Gasteiger charge is -2.22. The molecule has 1 aliphatic heterocycles. The Morgan fingerprint density at radius 3 is 2.42 bits per heavy atom. The normalized spacial score (nSPS) is 15.0. The van der Waals surface area contributed by atoms with Crippen molar-refractivity contribution in [1.82, 2.24) is 4.90 Å². The van der Waals surface area contributed by atoms with Crippen molar-refractivity contribution in [2.75, 3.05) is 26.3 Å². The van der Waals surface area contributed by atoms with Crippen LogP contribution >= 0.6 is 0 Å². The van der Waals surface area contributed by atoms with Gasteiger partial charge in [0, 0.05) is 24.7 Å². The summed E-state index contributed by atoms with van der Waals surface area (Å²) in [5.41, 5.74) is 1.89. The summed E-state index contributed by atoms with van der Waals surface area (Å²) in [6.07, 6.45) is 0. The number of rotatable bonds is 2. The molecule has 1 heterocycles. The number of hydrogen-bond acceptors (Lipinski definition) is 3. The second-order valence-corrected chi connectivity index (χ2v) is 4.94. The molecule has 1 aromatic carbocycles. The third-order valence-electron chi connectivity index (χ3n) is 3.18. The third-order valence-corrected chi connectivity index (χ3v) is 3.18. The molecule has 1 aromatic rings. The van der Waals surface area contributed by atoms with Crippen molar-refractivity contribution in [3.05, 3.63) is 35.4 Å². The fourth-order valence-corrected chi connectivity index (χ4v) is 1.90. The average molecular weight is 257 g/mol. The van der Waals surface area contributed by atoms with E-state index < -0.39 is 0 Å². The Hall–Kier alpha value is -1.79. The van der Waals surface area contributed by atoms with Crippen LogP contribution in [0.2, 0.25) is 0 Å². The summed E-state index contributed by atoms with van der Waals surface area (Å²) in [6, 6.07) is 10.6. The molecule has 0 spiro atoms. The van der Waals surface area contributed by atoms with E-state index in [-0.39, 0.29) is 5.78 Å². The van der Waals surface area contributed by atoms with Crippen LogP contribution < -0.4 is 0 Å². The van der Waals surface area contributed by atoms with Gasteiger partial charge in [0.2, 0.25) is 5.78 Å². The van der Waals surface area contributed by atoms with Gasteiger partial charge in [-0.25, -0.2) is 0 Å². The van der Waals surface area contributed by atoms with E-state index >= 15 is 0 Å². The summed E-state index contributed by atoms with van der Waals surface area (Å²) >= 11 is 0. The van der Waals surface area contributed by atoms with Gasteiger partial charge in [-0.15, -0.1) is 0 Å². The largest absolute Gasteiger partial charge is 0.378 e. The standard InChI is InChI=1S/C16H19NO2/c1-13(2)14-3-5-15(6-4-14)16(18)7-8-17-9-11-19-12-10-17/h3-6,13H,9-12H2,1-2H3. The zero-order valence-electron chi connectivity index (χ0n) is 11.5. The highest BCUT2D eigenvalue weighted by Crippen LogP contribution is 2.14. The Morgan fingerprint density at radius 2 is 1.84 bits per heavy atom. The predicted octanol–water partition coefficient (Wildman–Crippen LogP) is 2.29. The fourth-order valence-electron chi connectivity index (χ4n) is 1.90. The van der Waals surface area contributed by atoms with Crippen LogP contribution in [0.4, 0.5) is 0 Å². The lowest BCUT2D eigenvalue weighted by molar-refractivity contribution is 0.0637. The monoisotopic (exact) mass is 257 g/mol. The van der Waals surface area contributed by atoms with Crippen LogP contribution in [0.15, 0.2) is 24.3 Å². The Balaban J connectivity index is 2.01. The van der Waals surface area contributed by atoms with Crippen LogP contribution in [0.25, 0.3) is 0 Å². The van der Waals surface area contributed by atoms with Gasteiger partial charge in [0.1, 0.15) is 0 Å². The number of morpholine rings is 1. The second-order valence-electron chi connectivity index (χ2n) is 4.94. The molecule has 100 valence electrons. The minimum atomic E-state index is -0.123. The Kier molecular flexibility index (Phi) is 4.59. The van der Waals surface area contributed by atoms with Crippen molar-refractivity contribution in [1.29, 1.82) is 0 Å². The van der Waals surface area contributed by atoms with Gasteiger partial charge in [-0.1, -0.05) is 38.1 Å². The van der Waals surface area contributed by atoms with Crippen molar-refractivity contribution in [2.45, 2.75) is 19.8 Å². The zero-order chi connectivity index (χ0) is 13.7. The molecule has 0 aromatic heterocycles. The highest BCUT2D eigenvalue weighted by molar-refractivity contribution is 6.08. The summed E-state index contributed by atoms with van der Waals surface area (Å²) < 4.78 is 5.23. The van der Waals surface area contributed by atoms with E-state index in [0.717, 1.165) is 13.1 Å². The summed E-state index contributed by atoms with van der Waals surface area (Å²) in [5, 5.41) is 0.